The number of carbonyl (C=O) groups excluding carboxylic acids is 1. The van der Waals surface area contributed by atoms with Crippen LogP contribution in [-0.2, 0) is 0 Å². The number of nitrogens with two attached hydrogens (primary N) is 1. The van der Waals surface area contributed by atoms with Crippen LogP contribution in [-0.4, -0.2) is 44.7 Å². The van der Waals surface area contributed by atoms with Crippen LogP contribution in [0.2, 0.25) is 0 Å². The molecular weight excluding hydrogens is 334 g/mol. The van der Waals surface area contributed by atoms with Crippen LogP contribution in [0.1, 0.15) is 23.3 Å². The number of rotatable bonds is 3. The number of para-hydroxylation sites is 1. The van der Waals surface area contributed by atoms with Crippen molar-refractivity contribution < 1.29 is 4.79 Å². The summed E-state index contributed by atoms with van der Waals surface area (Å²) in [4.78, 5) is 18.9. The largest absolute Gasteiger partial charge is 0.336 e. The molecule has 6 nitrogen and oxygen atoms in total. The van der Waals surface area contributed by atoms with Crippen LogP contribution in [0.15, 0.2) is 48.1 Å². The minimum atomic E-state index is -0.0342. The maximum Gasteiger partial charge on any atom is 0.273 e. The van der Waals surface area contributed by atoms with Crippen molar-refractivity contribution in [1.82, 2.24) is 19.7 Å². The first-order valence-electron chi connectivity index (χ1n) is 8.31. The lowest BCUT2D eigenvalue weighted by Gasteiger charge is -2.30. The molecule has 3 aromatic rings. The van der Waals surface area contributed by atoms with Gasteiger partial charge >= 0.3 is 0 Å². The molecule has 1 aliphatic rings. The van der Waals surface area contributed by atoms with Crippen molar-refractivity contribution in [2.45, 2.75) is 18.9 Å². The molecule has 1 aromatic carbocycles. The van der Waals surface area contributed by atoms with Gasteiger partial charge in [0.05, 0.1) is 11.9 Å². The number of aromatic nitrogens is 3. The van der Waals surface area contributed by atoms with Gasteiger partial charge in [0.1, 0.15) is 10.7 Å². The third kappa shape index (κ3) is 3.33. The Bertz CT molecular complexity index is 872. The SMILES string of the molecule is N[C@@H]1CCCN(C(=O)c2csc(-c3cnn(-c4ccccc4)c3)n2)C1. The average Bonchev–Trinajstić information content (AvgIpc) is 3.31. The molecule has 1 aliphatic heterocycles. The molecule has 128 valence electrons. The summed E-state index contributed by atoms with van der Waals surface area (Å²) in [5.41, 5.74) is 8.36. The summed E-state index contributed by atoms with van der Waals surface area (Å²) < 4.78 is 1.81. The number of piperidine rings is 1. The molecule has 0 bridgehead atoms. The van der Waals surface area contributed by atoms with E-state index in [4.69, 9.17) is 5.73 Å². The van der Waals surface area contributed by atoms with Crippen molar-refractivity contribution in [3.05, 3.63) is 53.8 Å². The fourth-order valence-corrected chi connectivity index (χ4v) is 3.79. The van der Waals surface area contributed by atoms with E-state index >= 15 is 0 Å². The highest BCUT2D eigenvalue weighted by Crippen LogP contribution is 2.25. The zero-order valence-corrected chi connectivity index (χ0v) is 14.5. The lowest BCUT2D eigenvalue weighted by Crippen LogP contribution is -2.45. The van der Waals surface area contributed by atoms with E-state index < -0.39 is 0 Å². The Morgan fingerprint density at radius 1 is 1.28 bits per heavy atom. The molecule has 4 rings (SSSR count). The smallest absolute Gasteiger partial charge is 0.273 e. The molecular formula is C18H19N5OS. The zero-order chi connectivity index (χ0) is 17.2. The van der Waals surface area contributed by atoms with Crippen molar-refractivity contribution >= 4 is 17.2 Å². The summed E-state index contributed by atoms with van der Waals surface area (Å²) in [5, 5.41) is 7.00. The van der Waals surface area contributed by atoms with Crippen molar-refractivity contribution in [2.75, 3.05) is 13.1 Å². The Labute approximate surface area is 149 Å². The van der Waals surface area contributed by atoms with Gasteiger partial charge in [-0.15, -0.1) is 11.3 Å². The van der Waals surface area contributed by atoms with E-state index in [0.29, 0.717) is 12.2 Å². The molecule has 7 heteroatoms. The van der Waals surface area contributed by atoms with E-state index in [9.17, 15) is 4.79 Å². The summed E-state index contributed by atoms with van der Waals surface area (Å²) in [5.74, 6) is -0.0342. The van der Waals surface area contributed by atoms with E-state index in [-0.39, 0.29) is 11.9 Å². The van der Waals surface area contributed by atoms with E-state index in [1.165, 1.54) is 11.3 Å². The number of benzene rings is 1. The van der Waals surface area contributed by atoms with Crippen molar-refractivity contribution in [3.63, 3.8) is 0 Å². The van der Waals surface area contributed by atoms with Gasteiger partial charge in [-0.1, -0.05) is 18.2 Å². The first-order chi connectivity index (χ1) is 12.2. The Hall–Kier alpha value is -2.51. The van der Waals surface area contributed by atoms with Crippen LogP contribution < -0.4 is 5.73 Å². The highest BCUT2D eigenvalue weighted by Gasteiger charge is 2.24. The average molecular weight is 353 g/mol. The summed E-state index contributed by atoms with van der Waals surface area (Å²) in [7, 11) is 0. The Morgan fingerprint density at radius 2 is 2.12 bits per heavy atom. The summed E-state index contributed by atoms with van der Waals surface area (Å²) >= 11 is 1.46. The highest BCUT2D eigenvalue weighted by atomic mass is 32.1. The molecule has 2 N–H and O–H groups in total. The van der Waals surface area contributed by atoms with Gasteiger partial charge in [0.15, 0.2) is 0 Å². The molecule has 0 radical (unpaired) electrons. The van der Waals surface area contributed by atoms with E-state index in [2.05, 4.69) is 10.1 Å². The Balaban J connectivity index is 1.53. The normalized spacial score (nSPS) is 17.6. The van der Waals surface area contributed by atoms with Gasteiger partial charge in [-0.2, -0.15) is 5.10 Å². The highest BCUT2D eigenvalue weighted by molar-refractivity contribution is 7.13. The molecule has 0 saturated carbocycles. The number of hydrogen-bond acceptors (Lipinski definition) is 5. The maximum absolute atomic E-state index is 12.6. The lowest BCUT2D eigenvalue weighted by molar-refractivity contribution is 0.0704. The number of amides is 1. The van der Waals surface area contributed by atoms with Gasteiger partial charge in [-0.3, -0.25) is 4.79 Å². The summed E-state index contributed by atoms with van der Waals surface area (Å²) in [6.07, 6.45) is 5.63. The molecule has 1 amide bonds. The third-order valence-corrected chi connectivity index (χ3v) is 5.21. The van der Waals surface area contributed by atoms with Crippen molar-refractivity contribution in [1.29, 1.82) is 0 Å². The minimum absolute atomic E-state index is 0.0342. The van der Waals surface area contributed by atoms with Crippen LogP contribution >= 0.6 is 11.3 Å². The number of hydrogen-bond donors (Lipinski definition) is 1. The standard InChI is InChI=1S/C18H19N5OS/c19-14-5-4-8-22(11-14)18(24)16-12-25-17(21-16)13-9-20-23(10-13)15-6-2-1-3-7-15/h1-3,6-7,9-10,12,14H,4-5,8,11,19H2/t14-/m1/s1. The second-order valence-electron chi connectivity index (χ2n) is 6.20. The fourth-order valence-electron chi connectivity index (χ4n) is 3.02. The van der Waals surface area contributed by atoms with Crippen LogP contribution in [0.3, 0.4) is 0 Å². The van der Waals surface area contributed by atoms with E-state index in [1.54, 1.807) is 11.1 Å². The molecule has 1 fully saturated rings. The van der Waals surface area contributed by atoms with E-state index in [1.807, 2.05) is 46.6 Å². The molecule has 1 saturated heterocycles. The molecule has 0 unspecified atom stereocenters. The number of carbonyl (C=O) groups is 1. The van der Waals surface area contributed by atoms with Crippen molar-refractivity contribution in [2.24, 2.45) is 5.73 Å². The maximum atomic E-state index is 12.6. The first-order valence-corrected chi connectivity index (χ1v) is 9.19. The Morgan fingerprint density at radius 3 is 2.92 bits per heavy atom. The van der Waals surface area contributed by atoms with Crippen molar-refractivity contribution in [3.8, 4) is 16.3 Å². The predicted octanol–water partition coefficient (Wildman–Crippen LogP) is 2.56. The molecule has 0 aliphatic carbocycles. The lowest BCUT2D eigenvalue weighted by atomic mass is 10.1. The van der Waals surface area contributed by atoms with Gasteiger partial charge in [-0.05, 0) is 25.0 Å². The zero-order valence-electron chi connectivity index (χ0n) is 13.7. The minimum Gasteiger partial charge on any atom is -0.336 e. The summed E-state index contributed by atoms with van der Waals surface area (Å²) in [6, 6.07) is 9.97. The van der Waals surface area contributed by atoms with Gasteiger partial charge in [0.2, 0.25) is 0 Å². The number of likely N-dealkylation sites (tertiary alicyclic amines) is 1. The molecule has 2 aromatic heterocycles. The molecule has 25 heavy (non-hydrogen) atoms. The fraction of sp³-hybridized carbons (Fsp3) is 0.278. The van der Waals surface area contributed by atoms with Gasteiger partial charge in [0.25, 0.3) is 5.91 Å². The van der Waals surface area contributed by atoms with Crippen LogP contribution in [0, 0.1) is 0 Å². The monoisotopic (exact) mass is 353 g/mol. The van der Waals surface area contributed by atoms with Crippen LogP contribution in [0.5, 0.6) is 0 Å². The Kier molecular flexibility index (Phi) is 4.33. The van der Waals surface area contributed by atoms with Crippen LogP contribution in [0.4, 0.5) is 0 Å². The van der Waals surface area contributed by atoms with Gasteiger partial charge in [0, 0.05) is 36.3 Å². The first kappa shape index (κ1) is 16.0. The van der Waals surface area contributed by atoms with Gasteiger partial charge < -0.3 is 10.6 Å². The van der Waals surface area contributed by atoms with E-state index in [0.717, 1.165) is 35.6 Å². The summed E-state index contributed by atoms with van der Waals surface area (Å²) in [6.45, 7) is 1.36. The third-order valence-electron chi connectivity index (χ3n) is 4.32. The number of nitrogens with zero attached hydrogens (tertiary/aromatic N) is 4. The second-order valence-corrected chi connectivity index (χ2v) is 7.06. The quantitative estimate of drug-likeness (QED) is 0.785. The molecule has 0 spiro atoms. The second kappa shape index (κ2) is 6.78. The number of thiazole rings is 1. The topological polar surface area (TPSA) is 77.0 Å². The van der Waals surface area contributed by atoms with Crippen LogP contribution in [0.25, 0.3) is 16.3 Å². The molecule has 1 atom stereocenters. The van der Waals surface area contributed by atoms with Gasteiger partial charge in [-0.25, -0.2) is 9.67 Å². The molecule has 3 heterocycles. The predicted molar refractivity (Wildman–Crippen MR) is 97.8 cm³/mol.